The van der Waals surface area contributed by atoms with Crippen molar-refractivity contribution in [2.75, 3.05) is 0 Å². The zero-order valence-corrected chi connectivity index (χ0v) is 13.3. The van der Waals surface area contributed by atoms with Crippen molar-refractivity contribution in [2.24, 2.45) is 0 Å². The number of unbranched alkanes of at least 4 members (excludes halogenated alkanes) is 8. The number of ether oxygens (including phenoxy) is 1. The first kappa shape index (κ1) is 19.5. The van der Waals surface area contributed by atoms with Crippen molar-refractivity contribution in [1.29, 1.82) is 0 Å². The van der Waals surface area contributed by atoms with Crippen molar-refractivity contribution < 1.29 is 43.9 Å². The van der Waals surface area contributed by atoms with Gasteiger partial charge in [-0.25, -0.2) is 0 Å². The van der Waals surface area contributed by atoms with E-state index in [2.05, 4.69) is 11.7 Å². The second-order valence-corrected chi connectivity index (χ2v) is 4.14. The van der Waals surface area contributed by atoms with Gasteiger partial charge < -0.3 is 14.3 Å². The van der Waals surface area contributed by atoms with E-state index in [9.17, 15) is 9.59 Å². The van der Waals surface area contributed by atoms with E-state index in [0.717, 1.165) is 19.3 Å². The van der Waals surface area contributed by atoms with Gasteiger partial charge in [-0.05, 0) is 6.42 Å². The summed E-state index contributed by atoms with van der Waals surface area (Å²) in [6.45, 7) is 3.37. The van der Waals surface area contributed by atoms with Crippen LogP contribution in [0.4, 0.5) is 0 Å². The van der Waals surface area contributed by atoms with Gasteiger partial charge in [0, 0.05) is 0 Å². The topological polar surface area (TPSA) is 43.4 Å². The van der Waals surface area contributed by atoms with E-state index >= 15 is 0 Å². The minimum Gasteiger partial charge on any atom is -0.584 e. The SMILES string of the molecule is CCCCCCCCCCCC(=O)O[C-]=O.[Na+]. The van der Waals surface area contributed by atoms with Crippen LogP contribution in [0.5, 0.6) is 0 Å². The quantitative estimate of drug-likeness (QED) is 0.176. The van der Waals surface area contributed by atoms with Gasteiger partial charge in [-0.2, -0.15) is 0 Å². The van der Waals surface area contributed by atoms with Gasteiger partial charge in [0.15, 0.2) is 12.4 Å². The summed E-state index contributed by atoms with van der Waals surface area (Å²) in [4.78, 5) is 20.5. The van der Waals surface area contributed by atoms with Crippen molar-refractivity contribution in [3.63, 3.8) is 0 Å². The van der Waals surface area contributed by atoms with Crippen molar-refractivity contribution in [3.8, 4) is 0 Å². The average Bonchev–Trinajstić information content (AvgIpc) is 2.27. The zero-order valence-electron chi connectivity index (χ0n) is 11.3. The Morgan fingerprint density at radius 3 is 1.88 bits per heavy atom. The molecule has 0 aliphatic rings. The van der Waals surface area contributed by atoms with Crippen LogP contribution in [0.1, 0.15) is 71.1 Å². The molecule has 0 N–H and O–H groups in total. The van der Waals surface area contributed by atoms with Gasteiger partial charge in [0.2, 0.25) is 0 Å². The molecular formula is C13H23NaO3. The van der Waals surface area contributed by atoms with E-state index < -0.39 is 5.97 Å². The molecule has 17 heavy (non-hydrogen) atoms. The van der Waals surface area contributed by atoms with Gasteiger partial charge in [0.05, 0.1) is 0 Å². The molecule has 0 atom stereocenters. The molecule has 0 spiro atoms. The monoisotopic (exact) mass is 250 g/mol. The molecule has 3 nitrogen and oxygen atoms in total. The third kappa shape index (κ3) is 16.1. The van der Waals surface area contributed by atoms with Gasteiger partial charge in [-0.1, -0.05) is 64.7 Å². The fourth-order valence-corrected chi connectivity index (χ4v) is 1.68. The van der Waals surface area contributed by atoms with Crippen LogP contribution in [0.15, 0.2) is 0 Å². The predicted octanol–water partition coefficient (Wildman–Crippen LogP) is 0.522. The third-order valence-electron chi connectivity index (χ3n) is 2.64. The van der Waals surface area contributed by atoms with Gasteiger partial charge in [0.25, 0.3) is 0 Å². The Hall–Kier alpha value is 0.140. The first-order valence-corrected chi connectivity index (χ1v) is 6.38. The predicted molar refractivity (Wildman–Crippen MR) is 63.6 cm³/mol. The molecule has 0 aromatic heterocycles. The fraction of sp³-hybridized carbons (Fsp3) is 0.846. The summed E-state index contributed by atoms with van der Waals surface area (Å²) in [5, 5.41) is 0. The van der Waals surface area contributed by atoms with Crippen LogP contribution in [-0.4, -0.2) is 12.4 Å². The maximum absolute atomic E-state index is 10.8. The molecule has 0 rings (SSSR count). The molecule has 0 saturated heterocycles. The summed E-state index contributed by atoms with van der Waals surface area (Å²) in [5.74, 6) is -0.460. The summed E-state index contributed by atoms with van der Waals surface area (Å²) in [7, 11) is 0. The number of carbonyl (C=O) groups excluding carboxylic acids is 2. The van der Waals surface area contributed by atoms with Crippen molar-refractivity contribution >= 4 is 12.4 Å². The average molecular weight is 250 g/mol. The summed E-state index contributed by atoms with van der Waals surface area (Å²) in [5.41, 5.74) is 0. The van der Waals surface area contributed by atoms with Gasteiger partial charge in [0.1, 0.15) is 0 Å². The molecule has 0 saturated carbocycles. The molecule has 0 aromatic rings. The van der Waals surface area contributed by atoms with Crippen LogP contribution in [0.2, 0.25) is 0 Å². The van der Waals surface area contributed by atoms with Crippen LogP contribution in [0.3, 0.4) is 0 Å². The largest absolute Gasteiger partial charge is 1.00 e. The van der Waals surface area contributed by atoms with Gasteiger partial charge in [-0.15, -0.1) is 0 Å². The molecule has 0 unspecified atom stereocenters. The second-order valence-electron chi connectivity index (χ2n) is 4.14. The van der Waals surface area contributed by atoms with E-state index in [1.165, 1.54) is 44.9 Å². The van der Waals surface area contributed by atoms with E-state index in [-0.39, 0.29) is 29.6 Å². The second kappa shape index (κ2) is 16.1. The van der Waals surface area contributed by atoms with Crippen LogP contribution in [0, 0.1) is 0 Å². The van der Waals surface area contributed by atoms with E-state index in [1.54, 1.807) is 0 Å². The molecule has 94 valence electrons. The fourth-order valence-electron chi connectivity index (χ4n) is 1.68. The maximum atomic E-state index is 10.8. The van der Waals surface area contributed by atoms with Crippen LogP contribution >= 0.6 is 0 Å². The standard InChI is InChI=1S/C13H23O3.Na/c1-2-3-4-5-6-7-8-9-10-11-13(15)16-12-14;/h2-11H2,1H3;/q-1;+1. The molecule has 0 aliphatic heterocycles. The van der Waals surface area contributed by atoms with Crippen molar-refractivity contribution in [2.45, 2.75) is 71.1 Å². The molecule has 4 heteroatoms. The minimum absolute atomic E-state index is 0. The van der Waals surface area contributed by atoms with E-state index in [1.807, 2.05) is 0 Å². The van der Waals surface area contributed by atoms with Gasteiger partial charge >= 0.3 is 29.6 Å². The Bertz CT molecular complexity index is 184. The molecule has 0 fully saturated rings. The zero-order chi connectivity index (χ0) is 12.1. The molecular weight excluding hydrogens is 227 g/mol. The number of rotatable bonds is 11. The Morgan fingerprint density at radius 1 is 0.941 bits per heavy atom. The summed E-state index contributed by atoms with van der Waals surface area (Å²) >= 11 is 0. The van der Waals surface area contributed by atoms with Crippen LogP contribution < -0.4 is 29.6 Å². The Labute approximate surface area is 127 Å². The summed E-state index contributed by atoms with van der Waals surface area (Å²) in [6.07, 6.45) is 11.2. The maximum Gasteiger partial charge on any atom is 1.00 e. The normalized spacial score (nSPS) is 9.47. The molecule has 0 radical (unpaired) electrons. The third-order valence-corrected chi connectivity index (χ3v) is 2.64. The molecule has 0 aliphatic carbocycles. The Balaban J connectivity index is 0. The van der Waals surface area contributed by atoms with Gasteiger partial charge in [-0.3, -0.25) is 0 Å². The summed E-state index contributed by atoms with van der Waals surface area (Å²) < 4.78 is 4.07. The number of esters is 1. The van der Waals surface area contributed by atoms with E-state index in [0.29, 0.717) is 6.42 Å². The smallest absolute Gasteiger partial charge is 0.584 e. The molecule has 0 bridgehead atoms. The van der Waals surface area contributed by atoms with Crippen LogP contribution in [-0.2, 0) is 14.3 Å². The number of hydrogen-bond donors (Lipinski definition) is 0. The molecule has 0 amide bonds. The molecule has 0 aromatic carbocycles. The van der Waals surface area contributed by atoms with Crippen molar-refractivity contribution in [3.05, 3.63) is 0 Å². The number of carbonyl (C=O) groups is 1. The summed E-state index contributed by atoms with van der Waals surface area (Å²) in [6, 6.07) is 0. The Kier molecular flexibility index (Phi) is 18.5. The first-order chi connectivity index (χ1) is 7.81. The first-order valence-electron chi connectivity index (χ1n) is 6.38. The van der Waals surface area contributed by atoms with Crippen molar-refractivity contribution in [1.82, 2.24) is 0 Å². The molecule has 0 heterocycles. The Morgan fingerprint density at radius 2 is 1.41 bits per heavy atom. The minimum atomic E-state index is -0.460. The number of hydrogen-bond acceptors (Lipinski definition) is 3. The van der Waals surface area contributed by atoms with Crippen LogP contribution in [0.25, 0.3) is 0 Å². The van der Waals surface area contributed by atoms with E-state index in [4.69, 9.17) is 0 Å².